The van der Waals surface area contributed by atoms with E-state index in [0.717, 1.165) is 23.7 Å². The molecule has 4 rings (SSSR count). The van der Waals surface area contributed by atoms with E-state index in [1.807, 2.05) is 30.3 Å². The standard InChI is InChI=1S/C24H31N5O2/c1-29-13-9-18(10-14-29)7-11-25-15-21-23-20(8-12-26-21)24(30)28-22(27-23)17-31-16-19-5-3-2-4-6-19/h2-6,8,12,18,25H,7,9-11,13-17H2,1H3,(H,27,28,30). The number of pyridine rings is 1. The number of hydrogen-bond acceptors (Lipinski definition) is 6. The molecule has 2 aromatic heterocycles. The van der Waals surface area contributed by atoms with Gasteiger partial charge >= 0.3 is 0 Å². The van der Waals surface area contributed by atoms with Gasteiger partial charge in [-0.05, 0) is 63.5 Å². The fourth-order valence-corrected chi connectivity index (χ4v) is 4.07. The van der Waals surface area contributed by atoms with Crippen molar-refractivity contribution in [2.75, 3.05) is 26.7 Å². The van der Waals surface area contributed by atoms with Crippen LogP contribution in [0, 0.1) is 5.92 Å². The number of ether oxygens (including phenoxy) is 1. The van der Waals surface area contributed by atoms with Gasteiger partial charge in [-0.1, -0.05) is 30.3 Å². The second-order valence-corrected chi connectivity index (χ2v) is 8.36. The van der Waals surface area contributed by atoms with Crippen molar-refractivity contribution in [2.24, 2.45) is 5.92 Å². The van der Waals surface area contributed by atoms with Crippen LogP contribution in [0.4, 0.5) is 0 Å². The number of nitrogens with zero attached hydrogens (tertiary/aromatic N) is 3. The lowest BCUT2D eigenvalue weighted by molar-refractivity contribution is 0.102. The highest BCUT2D eigenvalue weighted by molar-refractivity contribution is 5.79. The fourth-order valence-electron chi connectivity index (χ4n) is 4.07. The molecule has 1 fully saturated rings. The average Bonchev–Trinajstić information content (AvgIpc) is 2.79. The Bertz CT molecular complexity index is 1030. The van der Waals surface area contributed by atoms with Crippen LogP contribution in [0.2, 0.25) is 0 Å². The highest BCUT2D eigenvalue weighted by Crippen LogP contribution is 2.19. The summed E-state index contributed by atoms with van der Waals surface area (Å²) >= 11 is 0. The monoisotopic (exact) mass is 421 g/mol. The maximum absolute atomic E-state index is 12.5. The van der Waals surface area contributed by atoms with Crippen molar-refractivity contribution in [3.05, 3.63) is 70.0 Å². The molecule has 7 nitrogen and oxygen atoms in total. The van der Waals surface area contributed by atoms with Crippen molar-refractivity contribution >= 4 is 10.9 Å². The molecular formula is C24H31N5O2. The molecule has 1 aromatic carbocycles. The van der Waals surface area contributed by atoms with E-state index in [0.29, 0.717) is 29.9 Å². The second-order valence-electron chi connectivity index (χ2n) is 8.36. The van der Waals surface area contributed by atoms with Crippen LogP contribution in [-0.4, -0.2) is 46.5 Å². The predicted octanol–water partition coefficient (Wildman–Crippen LogP) is 2.86. The Morgan fingerprint density at radius 1 is 1.16 bits per heavy atom. The van der Waals surface area contributed by atoms with Crippen LogP contribution >= 0.6 is 0 Å². The average molecular weight is 422 g/mol. The van der Waals surface area contributed by atoms with Gasteiger partial charge in [0.25, 0.3) is 5.56 Å². The molecule has 1 aliphatic heterocycles. The molecule has 7 heteroatoms. The first-order valence-electron chi connectivity index (χ1n) is 11.1. The number of hydrogen-bond donors (Lipinski definition) is 2. The lowest BCUT2D eigenvalue weighted by Crippen LogP contribution is -2.31. The molecule has 31 heavy (non-hydrogen) atoms. The van der Waals surface area contributed by atoms with Gasteiger partial charge in [-0.2, -0.15) is 0 Å². The maximum Gasteiger partial charge on any atom is 0.258 e. The number of H-pyrrole nitrogens is 1. The molecule has 1 saturated heterocycles. The molecule has 0 radical (unpaired) electrons. The lowest BCUT2D eigenvalue weighted by atomic mass is 9.94. The van der Waals surface area contributed by atoms with Gasteiger partial charge in [0.05, 0.1) is 17.7 Å². The summed E-state index contributed by atoms with van der Waals surface area (Å²) in [6, 6.07) is 11.7. The molecule has 3 heterocycles. The van der Waals surface area contributed by atoms with Gasteiger partial charge in [0.1, 0.15) is 17.9 Å². The van der Waals surface area contributed by atoms with E-state index in [9.17, 15) is 4.79 Å². The lowest BCUT2D eigenvalue weighted by Gasteiger charge is -2.28. The first-order valence-corrected chi connectivity index (χ1v) is 11.1. The van der Waals surface area contributed by atoms with Crippen molar-refractivity contribution < 1.29 is 4.74 Å². The van der Waals surface area contributed by atoms with E-state index < -0.39 is 0 Å². The van der Waals surface area contributed by atoms with Crippen LogP contribution in [-0.2, 0) is 24.5 Å². The fraction of sp³-hybridized carbons (Fsp3) is 0.458. The third-order valence-corrected chi connectivity index (χ3v) is 5.96. The smallest absolute Gasteiger partial charge is 0.258 e. The topological polar surface area (TPSA) is 83.1 Å². The minimum Gasteiger partial charge on any atom is -0.369 e. The van der Waals surface area contributed by atoms with Crippen LogP contribution in [0.3, 0.4) is 0 Å². The zero-order valence-corrected chi connectivity index (χ0v) is 18.1. The molecule has 1 aliphatic rings. The van der Waals surface area contributed by atoms with Gasteiger partial charge < -0.3 is 19.9 Å². The molecule has 0 aliphatic carbocycles. The van der Waals surface area contributed by atoms with Crippen molar-refractivity contribution in [2.45, 2.75) is 39.0 Å². The van der Waals surface area contributed by atoms with Gasteiger partial charge in [0.15, 0.2) is 0 Å². The number of benzene rings is 1. The Morgan fingerprint density at radius 2 is 1.97 bits per heavy atom. The summed E-state index contributed by atoms with van der Waals surface area (Å²) in [4.78, 5) is 26.9. The number of piperidine rings is 1. The zero-order valence-electron chi connectivity index (χ0n) is 18.1. The van der Waals surface area contributed by atoms with Gasteiger partial charge in [-0.15, -0.1) is 0 Å². The summed E-state index contributed by atoms with van der Waals surface area (Å²) in [6.07, 6.45) is 5.39. The molecule has 0 atom stereocenters. The van der Waals surface area contributed by atoms with Crippen LogP contribution in [0.25, 0.3) is 10.9 Å². The van der Waals surface area contributed by atoms with Crippen molar-refractivity contribution in [1.82, 2.24) is 25.2 Å². The number of nitrogens with one attached hydrogen (secondary N) is 2. The molecule has 2 N–H and O–H groups in total. The van der Waals surface area contributed by atoms with Gasteiger partial charge in [0, 0.05) is 12.7 Å². The number of likely N-dealkylation sites (tertiary alicyclic amines) is 1. The van der Waals surface area contributed by atoms with Crippen LogP contribution in [0.5, 0.6) is 0 Å². The van der Waals surface area contributed by atoms with Crippen molar-refractivity contribution in [3.8, 4) is 0 Å². The number of fused-ring (bicyclic) bond motifs is 1. The van der Waals surface area contributed by atoms with E-state index in [2.05, 4.69) is 32.2 Å². The van der Waals surface area contributed by atoms with E-state index in [-0.39, 0.29) is 12.2 Å². The van der Waals surface area contributed by atoms with Crippen LogP contribution < -0.4 is 10.9 Å². The highest BCUT2D eigenvalue weighted by atomic mass is 16.5. The van der Waals surface area contributed by atoms with Crippen LogP contribution in [0.15, 0.2) is 47.4 Å². The van der Waals surface area contributed by atoms with Crippen LogP contribution in [0.1, 0.15) is 36.3 Å². The van der Waals surface area contributed by atoms with E-state index in [1.165, 1.54) is 32.4 Å². The summed E-state index contributed by atoms with van der Waals surface area (Å²) in [6.45, 7) is 4.65. The number of rotatable bonds is 9. The SMILES string of the molecule is CN1CCC(CCNCc2nccc3c(=O)[nH]c(COCc4ccccc4)nc23)CC1. The Balaban J connectivity index is 1.36. The van der Waals surface area contributed by atoms with Gasteiger partial charge in [-0.25, -0.2) is 4.98 Å². The molecule has 0 spiro atoms. The number of aromatic nitrogens is 3. The summed E-state index contributed by atoms with van der Waals surface area (Å²) < 4.78 is 5.75. The normalized spacial score (nSPS) is 15.5. The number of aromatic amines is 1. The minimum absolute atomic E-state index is 0.154. The molecule has 0 unspecified atom stereocenters. The Kier molecular flexibility index (Phi) is 7.40. The van der Waals surface area contributed by atoms with Crippen molar-refractivity contribution in [1.29, 1.82) is 0 Å². The minimum atomic E-state index is -0.154. The molecule has 164 valence electrons. The Morgan fingerprint density at radius 3 is 2.77 bits per heavy atom. The third kappa shape index (κ3) is 5.97. The maximum atomic E-state index is 12.5. The summed E-state index contributed by atoms with van der Waals surface area (Å²) in [7, 11) is 2.19. The Hall–Kier alpha value is -2.61. The van der Waals surface area contributed by atoms with Gasteiger partial charge in [0.2, 0.25) is 0 Å². The van der Waals surface area contributed by atoms with Crippen molar-refractivity contribution in [3.63, 3.8) is 0 Å². The highest BCUT2D eigenvalue weighted by Gasteiger charge is 2.16. The predicted molar refractivity (Wildman–Crippen MR) is 122 cm³/mol. The molecule has 0 amide bonds. The summed E-state index contributed by atoms with van der Waals surface area (Å²) in [5.74, 6) is 1.31. The molecular weight excluding hydrogens is 390 g/mol. The quantitative estimate of drug-likeness (QED) is 0.517. The van der Waals surface area contributed by atoms with E-state index in [1.54, 1.807) is 12.3 Å². The summed E-state index contributed by atoms with van der Waals surface area (Å²) in [5, 5.41) is 4.06. The molecule has 0 bridgehead atoms. The summed E-state index contributed by atoms with van der Waals surface area (Å²) in [5.41, 5.74) is 2.38. The Labute approximate surface area is 182 Å². The third-order valence-electron chi connectivity index (χ3n) is 5.96. The zero-order chi connectivity index (χ0) is 21.5. The van der Waals surface area contributed by atoms with Gasteiger partial charge in [-0.3, -0.25) is 9.78 Å². The van der Waals surface area contributed by atoms with E-state index in [4.69, 9.17) is 4.74 Å². The largest absolute Gasteiger partial charge is 0.369 e. The first kappa shape index (κ1) is 21.6. The molecule has 0 saturated carbocycles. The first-order chi connectivity index (χ1) is 15.2. The second kappa shape index (κ2) is 10.6. The molecule has 3 aromatic rings. The van der Waals surface area contributed by atoms with E-state index >= 15 is 0 Å².